The molecule has 0 aliphatic heterocycles. The molecule has 0 fully saturated rings. The normalized spacial score (nSPS) is 10.7. The molecule has 0 spiro atoms. The molecule has 0 aromatic carbocycles. The van der Waals surface area contributed by atoms with Crippen molar-refractivity contribution in [2.45, 2.75) is 27.7 Å². The van der Waals surface area contributed by atoms with Gasteiger partial charge in [-0.2, -0.15) is 0 Å². The second-order valence-corrected chi connectivity index (χ2v) is 5.04. The summed E-state index contributed by atoms with van der Waals surface area (Å²) in [7, 11) is -3.22. The molecule has 0 heterocycles. The van der Waals surface area contributed by atoms with E-state index in [0.717, 1.165) is 5.57 Å². The van der Waals surface area contributed by atoms with Gasteiger partial charge in [0.25, 0.3) is 0 Å². The van der Waals surface area contributed by atoms with Gasteiger partial charge in [0.15, 0.2) is 0 Å². The molecule has 0 aliphatic carbocycles. The molecule has 0 unspecified atom stereocenters. The molecule has 0 aromatic heterocycles. The van der Waals surface area contributed by atoms with Crippen LogP contribution < -0.4 is 0 Å². The van der Waals surface area contributed by atoms with Crippen LogP contribution in [0.4, 0.5) is 0 Å². The quantitative estimate of drug-likeness (QED) is 0.394. The van der Waals surface area contributed by atoms with Gasteiger partial charge in [0, 0.05) is 0 Å². The summed E-state index contributed by atoms with van der Waals surface area (Å²) in [5, 5.41) is 0.395. The SMILES string of the molecule is C=CC(=C=C(C)C)P(=O)(OCC)OCC. The highest BCUT2D eigenvalue weighted by molar-refractivity contribution is 7.58. The van der Waals surface area contributed by atoms with Gasteiger partial charge in [-0.1, -0.05) is 6.58 Å². The zero-order valence-electron chi connectivity index (χ0n) is 9.87. The predicted molar refractivity (Wildman–Crippen MR) is 62.9 cm³/mol. The monoisotopic (exact) mass is 230 g/mol. The lowest BCUT2D eigenvalue weighted by Gasteiger charge is -2.16. The lowest BCUT2D eigenvalue weighted by molar-refractivity contribution is 0.227. The zero-order valence-corrected chi connectivity index (χ0v) is 10.8. The Labute approximate surface area is 92.0 Å². The predicted octanol–water partition coefficient (Wildman–Crippen LogP) is 3.89. The Kier molecular flexibility index (Phi) is 6.55. The van der Waals surface area contributed by atoms with Crippen LogP contribution in [0, 0.1) is 0 Å². The summed E-state index contributed by atoms with van der Waals surface area (Å²) in [5.74, 6) is 0. The molecule has 0 atom stereocenters. The molecule has 0 bridgehead atoms. The van der Waals surface area contributed by atoms with Crippen LogP contribution in [0.25, 0.3) is 0 Å². The maximum Gasteiger partial charge on any atom is 0.368 e. The molecule has 0 N–H and O–H groups in total. The first-order valence-corrected chi connectivity index (χ1v) is 6.50. The van der Waals surface area contributed by atoms with E-state index in [1.54, 1.807) is 13.8 Å². The van der Waals surface area contributed by atoms with Crippen LogP contribution in [0.5, 0.6) is 0 Å². The van der Waals surface area contributed by atoms with Crippen molar-refractivity contribution >= 4 is 7.60 Å². The summed E-state index contributed by atoms with van der Waals surface area (Å²) in [4.78, 5) is 0. The maximum atomic E-state index is 12.3. The summed E-state index contributed by atoms with van der Waals surface area (Å²) in [6.07, 6.45) is 1.47. The zero-order chi connectivity index (χ0) is 11.9. The van der Waals surface area contributed by atoms with Crippen LogP contribution in [-0.4, -0.2) is 13.2 Å². The summed E-state index contributed by atoms with van der Waals surface area (Å²) in [6.45, 7) is 11.5. The maximum absolute atomic E-state index is 12.3. The first-order valence-electron chi connectivity index (χ1n) is 4.96. The number of allylic oxidation sites excluding steroid dienone is 2. The molecule has 0 aromatic rings. The molecule has 0 radical (unpaired) electrons. The average molecular weight is 230 g/mol. The van der Waals surface area contributed by atoms with E-state index in [0.29, 0.717) is 18.5 Å². The summed E-state index contributed by atoms with van der Waals surface area (Å²) in [6, 6.07) is 0. The third kappa shape index (κ3) is 4.63. The van der Waals surface area contributed by atoms with Crippen molar-refractivity contribution in [2.75, 3.05) is 13.2 Å². The Morgan fingerprint density at radius 2 is 1.80 bits per heavy atom. The molecule has 0 amide bonds. The van der Waals surface area contributed by atoms with E-state index < -0.39 is 7.60 Å². The van der Waals surface area contributed by atoms with E-state index in [2.05, 4.69) is 12.3 Å². The minimum atomic E-state index is -3.22. The van der Waals surface area contributed by atoms with Crippen LogP contribution in [0.1, 0.15) is 27.7 Å². The molecule has 0 aliphatic rings. The van der Waals surface area contributed by atoms with Crippen molar-refractivity contribution in [2.24, 2.45) is 0 Å². The highest BCUT2D eigenvalue weighted by atomic mass is 31.2. The Bertz CT molecular complexity index is 311. The average Bonchev–Trinajstić information content (AvgIpc) is 2.14. The Hall–Kier alpha value is -0.590. The number of hydrogen-bond acceptors (Lipinski definition) is 3. The molecule has 86 valence electrons. The van der Waals surface area contributed by atoms with Gasteiger partial charge in [0.1, 0.15) is 5.31 Å². The highest BCUT2D eigenvalue weighted by Crippen LogP contribution is 2.56. The van der Waals surface area contributed by atoms with Gasteiger partial charge in [-0.05, 0) is 39.3 Å². The van der Waals surface area contributed by atoms with E-state index in [4.69, 9.17) is 9.05 Å². The first kappa shape index (κ1) is 14.4. The van der Waals surface area contributed by atoms with Crippen LogP contribution in [-0.2, 0) is 13.6 Å². The smallest absolute Gasteiger partial charge is 0.305 e. The van der Waals surface area contributed by atoms with Crippen LogP contribution in [0.2, 0.25) is 0 Å². The first-order chi connectivity index (χ1) is 7.00. The topological polar surface area (TPSA) is 35.5 Å². The summed E-state index contributed by atoms with van der Waals surface area (Å²) in [5.41, 5.74) is 3.85. The van der Waals surface area contributed by atoms with E-state index >= 15 is 0 Å². The highest BCUT2D eigenvalue weighted by Gasteiger charge is 2.27. The Morgan fingerprint density at radius 1 is 1.33 bits per heavy atom. The fourth-order valence-corrected chi connectivity index (χ4v) is 2.62. The van der Waals surface area contributed by atoms with Gasteiger partial charge < -0.3 is 9.05 Å². The molecular formula is C11H19O3P. The van der Waals surface area contributed by atoms with Gasteiger partial charge in [0.05, 0.1) is 13.2 Å². The van der Waals surface area contributed by atoms with E-state index in [1.807, 2.05) is 13.8 Å². The van der Waals surface area contributed by atoms with Crippen molar-refractivity contribution in [3.63, 3.8) is 0 Å². The van der Waals surface area contributed by atoms with Crippen molar-refractivity contribution in [1.82, 2.24) is 0 Å². The van der Waals surface area contributed by atoms with Gasteiger partial charge in [-0.25, -0.2) is 0 Å². The largest absolute Gasteiger partial charge is 0.368 e. The lowest BCUT2D eigenvalue weighted by atomic mass is 10.4. The van der Waals surface area contributed by atoms with E-state index in [-0.39, 0.29) is 0 Å². The van der Waals surface area contributed by atoms with Crippen LogP contribution in [0.15, 0.2) is 29.3 Å². The van der Waals surface area contributed by atoms with Gasteiger partial charge in [0.2, 0.25) is 0 Å². The molecule has 3 nitrogen and oxygen atoms in total. The Morgan fingerprint density at radius 3 is 2.07 bits per heavy atom. The van der Waals surface area contributed by atoms with E-state index in [1.165, 1.54) is 6.08 Å². The Balaban J connectivity index is 5.31. The molecule has 0 saturated carbocycles. The van der Waals surface area contributed by atoms with Crippen molar-refractivity contribution in [3.05, 3.63) is 29.3 Å². The lowest BCUT2D eigenvalue weighted by Crippen LogP contribution is -1.96. The fourth-order valence-electron chi connectivity index (χ4n) is 1.00. The molecule has 15 heavy (non-hydrogen) atoms. The second-order valence-electron chi connectivity index (χ2n) is 3.05. The molecule has 4 heteroatoms. The van der Waals surface area contributed by atoms with Crippen LogP contribution in [0.3, 0.4) is 0 Å². The second kappa shape index (κ2) is 6.81. The summed E-state index contributed by atoms with van der Waals surface area (Å²) >= 11 is 0. The minimum absolute atomic E-state index is 0.332. The molecule has 0 saturated heterocycles. The van der Waals surface area contributed by atoms with E-state index in [9.17, 15) is 4.57 Å². The molecular weight excluding hydrogens is 211 g/mol. The van der Waals surface area contributed by atoms with Crippen molar-refractivity contribution in [1.29, 1.82) is 0 Å². The standard InChI is InChI=1S/C11H19O3P/c1-6-11(9-10(4)5)15(12,13-7-2)14-8-3/h6H,1,7-8H2,2-5H3. The minimum Gasteiger partial charge on any atom is -0.305 e. The third-order valence-corrected chi connectivity index (χ3v) is 3.55. The number of rotatable bonds is 6. The van der Waals surface area contributed by atoms with Gasteiger partial charge in [-0.3, -0.25) is 4.57 Å². The summed E-state index contributed by atoms with van der Waals surface area (Å²) < 4.78 is 22.6. The third-order valence-electron chi connectivity index (χ3n) is 1.46. The van der Waals surface area contributed by atoms with Crippen LogP contribution >= 0.6 is 7.60 Å². The van der Waals surface area contributed by atoms with Crippen molar-refractivity contribution < 1.29 is 13.6 Å². The van der Waals surface area contributed by atoms with Gasteiger partial charge in [-0.15, -0.1) is 5.73 Å². The van der Waals surface area contributed by atoms with Gasteiger partial charge >= 0.3 is 7.60 Å². The molecule has 0 rings (SSSR count). The van der Waals surface area contributed by atoms with Crippen molar-refractivity contribution in [3.8, 4) is 0 Å². The fraction of sp³-hybridized carbons (Fsp3) is 0.545. The number of hydrogen-bond donors (Lipinski definition) is 0.